The quantitative estimate of drug-likeness (QED) is 0.628. The van der Waals surface area contributed by atoms with Gasteiger partial charge in [0.05, 0.1) is 0 Å². The fourth-order valence-electron chi connectivity index (χ4n) is 1.95. The van der Waals surface area contributed by atoms with Crippen LogP contribution in [-0.2, 0) is 0 Å². The molecule has 0 saturated heterocycles. The third kappa shape index (κ3) is 2.82. The van der Waals surface area contributed by atoms with Crippen molar-refractivity contribution in [2.45, 2.75) is 6.42 Å². The molecule has 0 saturated carbocycles. The second-order valence-corrected chi connectivity index (χ2v) is 10.9. The van der Waals surface area contributed by atoms with Crippen LogP contribution >= 0.6 is 5.51 Å². The molecular weight excluding hydrogens is 304 g/mol. The van der Waals surface area contributed by atoms with Gasteiger partial charge >= 0.3 is 116 Å². The molecule has 18 heavy (non-hydrogen) atoms. The van der Waals surface area contributed by atoms with Gasteiger partial charge in [-0.25, -0.2) is 0 Å². The average molecular weight is 318 g/mol. The van der Waals surface area contributed by atoms with Gasteiger partial charge in [-0.05, 0) is 0 Å². The van der Waals surface area contributed by atoms with Crippen LogP contribution in [0.25, 0.3) is 0 Å². The summed E-state index contributed by atoms with van der Waals surface area (Å²) in [7, 11) is 0. The molecule has 0 heterocycles. The number of benzene rings is 2. The fourth-order valence-corrected chi connectivity index (χ4v) is 6.60. The molecule has 0 aliphatic rings. The number of rotatable bonds is 4. The Kier molecular flexibility index (Phi) is 4.56. The van der Waals surface area contributed by atoms with Gasteiger partial charge < -0.3 is 0 Å². The second kappa shape index (κ2) is 6.17. The van der Waals surface area contributed by atoms with Crippen LogP contribution in [0, 0.1) is 11.3 Å². The fraction of sp³-hybridized carbons (Fsp3) is 0.133. The van der Waals surface area contributed by atoms with Gasteiger partial charge in [-0.1, -0.05) is 0 Å². The number of hydrogen-bond acceptors (Lipinski definition) is 1. The van der Waals surface area contributed by atoms with Gasteiger partial charge in [-0.2, -0.15) is 0 Å². The van der Waals surface area contributed by atoms with Crippen molar-refractivity contribution < 1.29 is 0 Å². The van der Waals surface area contributed by atoms with Gasteiger partial charge in [0.1, 0.15) is 0 Å². The molecule has 0 bridgehead atoms. The average Bonchev–Trinajstić information content (AvgIpc) is 2.46. The zero-order valence-corrected chi connectivity index (χ0v) is 12.6. The molecule has 0 fully saturated rings. The van der Waals surface area contributed by atoms with Crippen LogP contribution in [0.5, 0.6) is 0 Å². The van der Waals surface area contributed by atoms with E-state index in [9.17, 15) is 0 Å². The minimum atomic E-state index is -1.54. The van der Waals surface area contributed by atoms with Crippen molar-refractivity contribution in [3.8, 4) is 6.07 Å². The van der Waals surface area contributed by atoms with Gasteiger partial charge in [0, 0.05) is 0 Å². The van der Waals surface area contributed by atoms with E-state index in [-0.39, 0.29) is 0 Å². The Balaban J connectivity index is 2.49. The maximum absolute atomic E-state index is 8.88. The Morgan fingerprint density at radius 1 is 0.889 bits per heavy atom. The molecule has 0 aromatic heterocycles. The summed E-state index contributed by atoms with van der Waals surface area (Å²) in [5.41, 5.74) is -1.54. The molecule has 0 atom stereocenters. The summed E-state index contributed by atoms with van der Waals surface area (Å²) in [5, 5.41) is 11.5. The normalized spacial score (nSPS) is 10.8. The van der Waals surface area contributed by atoms with Crippen LogP contribution < -0.4 is 10.6 Å². The predicted molar refractivity (Wildman–Crippen MR) is 79.9 cm³/mol. The number of nitriles is 1. The maximum atomic E-state index is 8.88. The van der Waals surface area contributed by atoms with E-state index in [0.717, 1.165) is 6.16 Å². The van der Waals surface area contributed by atoms with E-state index in [1.807, 2.05) is 12.1 Å². The summed E-state index contributed by atoms with van der Waals surface area (Å²) in [6, 6.07) is 23.2. The molecule has 0 aliphatic heterocycles. The molecule has 90 valence electrons. The molecular formula is C15H14NPSe. The Labute approximate surface area is 116 Å². The molecule has 1 nitrogen and oxygen atoms in total. The van der Waals surface area contributed by atoms with Gasteiger partial charge in [0.25, 0.3) is 0 Å². The van der Waals surface area contributed by atoms with Crippen LogP contribution in [0.2, 0.25) is 0 Å². The van der Waals surface area contributed by atoms with Crippen molar-refractivity contribution >= 4 is 31.2 Å². The van der Waals surface area contributed by atoms with Crippen molar-refractivity contribution in [2.75, 3.05) is 6.16 Å². The van der Waals surface area contributed by atoms with E-state index in [2.05, 4.69) is 69.7 Å². The first-order valence-corrected chi connectivity index (χ1v) is 10.0. The van der Waals surface area contributed by atoms with Crippen molar-refractivity contribution in [1.29, 1.82) is 5.26 Å². The molecule has 0 N–H and O–H groups in total. The van der Waals surface area contributed by atoms with Crippen molar-refractivity contribution in [1.82, 2.24) is 0 Å². The second-order valence-electron chi connectivity index (χ2n) is 4.04. The van der Waals surface area contributed by atoms with Crippen molar-refractivity contribution in [3.05, 3.63) is 60.7 Å². The van der Waals surface area contributed by atoms with Gasteiger partial charge in [0.15, 0.2) is 0 Å². The van der Waals surface area contributed by atoms with E-state index in [4.69, 9.17) is 5.26 Å². The first-order chi connectivity index (χ1) is 8.77. The summed E-state index contributed by atoms with van der Waals surface area (Å²) < 4.78 is 0. The molecule has 0 spiro atoms. The van der Waals surface area contributed by atoms with E-state index in [0.29, 0.717) is 6.42 Å². The van der Waals surface area contributed by atoms with Gasteiger partial charge in [-0.3, -0.25) is 0 Å². The van der Waals surface area contributed by atoms with E-state index >= 15 is 0 Å². The summed E-state index contributed by atoms with van der Waals surface area (Å²) in [4.78, 5) is 0. The Morgan fingerprint density at radius 2 is 1.33 bits per heavy atom. The van der Waals surface area contributed by atoms with Gasteiger partial charge in [-0.15, -0.1) is 0 Å². The van der Waals surface area contributed by atoms with Crippen LogP contribution in [-0.4, -0.2) is 21.3 Å². The topological polar surface area (TPSA) is 23.8 Å². The summed E-state index contributed by atoms with van der Waals surface area (Å²) in [5.74, 6) is 0. The van der Waals surface area contributed by atoms with Crippen molar-refractivity contribution in [2.24, 2.45) is 0 Å². The molecule has 0 aliphatic carbocycles. The summed E-state index contributed by atoms with van der Waals surface area (Å²) in [6.07, 6.45) is 1.49. The Morgan fingerprint density at radius 3 is 1.72 bits per heavy atom. The van der Waals surface area contributed by atoms with E-state index in [1.165, 1.54) is 10.6 Å². The third-order valence-electron chi connectivity index (χ3n) is 2.89. The third-order valence-corrected chi connectivity index (χ3v) is 9.81. The number of hydrogen-bond donors (Lipinski definition) is 0. The molecule has 2 aromatic carbocycles. The SMILES string of the molecule is N#CCCP(=[Se])(c1ccccc1)c1ccccc1. The molecule has 0 unspecified atom stereocenters. The van der Waals surface area contributed by atoms with E-state index in [1.54, 1.807) is 0 Å². The molecule has 0 radical (unpaired) electrons. The monoisotopic (exact) mass is 319 g/mol. The Hall–Kier alpha value is -1.12. The van der Waals surface area contributed by atoms with Crippen LogP contribution in [0.4, 0.5) is 0 Å². The molecule has 0 amide bonds. The number of nitrogens with zero attached hydrogens (tertiary/aromatic N) is 1. The Bertz CT molecular complexity index is 543. The minimum absolute atomic E-state index is 0.588. The van der Waals surface area contributed by atoms with E-state index < -0.39 is 5.51 Å². The zero-order valence-electron chi connectivity index (χ0n) is 9.99. The van der Waals surface area contributed by atoms with Crippen LogP contribution in [0.3, 0.4) is 0 Å². The van der Waals surface area contributed by atoms with Crippen LogP contribution in [0.1, 0.15) is 6.42 Å². The summed E-state index contributed by atoms with van der Waals surface area (Å²) >= 11 is 3.42. The van der Waals surface area contributed by atoms with Gasteiger partial charge in [0.2, 0.25) is 0 Å². The summed E-state index contributed by atoms with van der Waals surface area (Å²) in [6.45, 7) is 0. The first kappa shape index (κ1) is 13.3. The van der Waals surface area contributed by atoms with Crippen LogP contribution in [0.15, 0.2) is 60.7 Å². The first-order valence-electron chi connectivity index (χ1n) is 5.84. The molecule has 2 aromatic rings. The zero-order chi connectivity index (χ0) is 12.8. The molecule has 3 heteroatoms. The standard InChI is InChI=1S/C15H14NPSe/c16-12-7-13-17(18,14-8-3-1-4-9-14)15-10-5-2-6-11-15/h1-6,8-11H,7,13H2. The molecule has 2 rings (SSSR count). The predicted octanol–water partition coefficient (Wildman–Crippen LogP) is 2.65. The van der Waals surface area contributed by atoms with Crippen molar-refractivity contribution in [3.63, 3.8) is 0 Å².